The van der Waals surface area contributed by atoms with Crippen LogP contribution in [0.2, 0.25) is 0 Å². The van der Waals surface area contributed by atoms with E-state index in [1.165, 1.54) is 6.07 Å². The number of hydrogen-bond acceptors (Lipinski definition) is 4. The normalized spacial score (nSPS) is 14.0. The minimum Gasteiger partial charge on any atom is -0.485 e. The Morgan fingerprint density at radius 1 is 1.24 bits per heavy atom. The molecule has 2 aromatic carbocycles. The average Bonchev–Trinajstić information content (AvgIpc) is 2.93. The van der Waals surface area contributed by atoms with Crippen LogP contribution in [0.1, 0.15) is 24.1 Å². The Bertz CT molecular complexity index is 658. The lowest BCUT2D eigenvalue weighted by atomic mass is 10.1. The van der Waals surface area contributed by atoms with Gasteiger partial charge < -0.3 is 19.9 Å². The lowest BCUT2D eigenvalue weighted by Crippen LogP contribution is -2.09. The van der Waals surface area contributed by atoms with Gasteiger partial charge in [0.05, 0.1) is 0 Å². The van der Waals surface area contributed by atoms with Crippen molar-refractivity contribution in [3.05, 3.63) is 53.3 Å². The van der Waals surface area contributed by atoms with Crippen LogP contribution in [0.25, 0.3) is 0 Å². The second-order valence-electron chi connectivity index (χ2n) is 4.92. The van der Waals surface area contributed by atoms with Gasteiger partial charge in [0.25, 0.3) is 0 Å². The number of benzene rings is 2. The van der Waals surface area contributed by atoms with Crippen molar-refractivity contribution in [2.24, 2.45) is 5.73 Å². The fourth-order valence-corrected chi connectivity index (χ4v) is 2.22. The van der Waals surface area contributed by atoms with E-state index in [2.05, 4.69) is 0 Å². The molecule has 0 amide bonds. The van der Waals surface area contributed by atoms with Crippen LogP contribution in [-0.2, 0) is 6.61 Å². The standard InChI is InChI=1S/C16H16FNO3/c1-10(18)12-3-2-4-13(17)16(12)19-8-11-5-6-14-15(7-11)21-9-20-14/h2-7,10H,8-9,18H2,1H3/t10-/m0/s1. The SMILES string of the molecule is C[C@H](N)c1cccc(F)c1OCc1ccc2c(c1)OCO2. The smallest absolute Gasteiger partial charge is 0.231 e. The van der Waals surface area contributed by atoms with Gasteiger partial charge in [0, 0.05) is 11.6 Å². The van der Waals surface area contributed by atoms with Crippen molar-refractivity contribution < 1.29 is 18.6 Å². The Balaban J connectivity index is 1.79. The summed E-state index contributed by atoms with van der Waals surface area (Å²) in [6, 6.07) is 9.96. The molecule has 1 aliphatic heterocycles. The van der Waals surface area contributed by atoms with Gasteiger partial charge >= 0.3 is 0 Å². The van der Waals surface area contributed by atoms with Gasteiger partial charge in [0.2, 0.25) is 6.79 Å². The number of nitrogens with two attached hydrogens (primary N) is 1. The van der Waals surface area contributed by atoms with Gasteiger partial charge in [-0.2, -0.15) is 0 Å². The molecule has 0 aromatic heterocycles. The highest BCUT2D eigenvalue weighted by Crippen LogP contribution is 2.33. The first-order valence-corrected chi connectivity index (χ1v) is 6.70. The van der Waals surface area contributed by atoms with Crippen LogP contribution < -0.4 is 19.9 Å². The fourth-order valence-electron chi connectivity index (χ4n) is 2.22. The summed E-state index contributed by atoms with van der Waals surface area (Å²) < 4.78 is 30.1. The second-order valence-corrected chi connectivity index (χ2v) is 4.92. The molecule has 1 heterocycles. The fraction of sp³-hybridized carbons (Fsp3) is 0.250. The highest BCUT2D eigenvalue weighted by Gasteiger charge is 2.15. The zero-order valence-corrected chi connectivity index (χ0v) is 11.6. The average molecular weight is 289 g/mol. The Kier molecular flexibility index (Phi) is 3.66. The first-order valence-electron chi connectivity index (χ1n) is 6.70. The molecule has 4 nitrogen and oxygen atoms in total. The summed E-state index contributed by atoms with van der Waals surface area (Å²) in [7, 11) is 0. The predicted molar refractivity (Wildman–Crippen MR) is 75.9 cm³/mol. The van der Waals surface area contributed by atoms with E-state index < -0.39 is 5.82 Å². The van der Waals surface area contributed by atoms with Crippen LogP contribution >= 0.6 is 0 Å². The molecule has 3 rings (SSSR count). The maximum Gasteiger partial charge on any atom is 0.231 e. The van der Waals surface area contributed by atoms with E-state index in [4.69, 9.17) is 19.9 Å². The Labute approximate surface area is 122 Å². The molecule has 2 N–H and O–H groups in total. The lowest BCUT2D eigenvalue weighted by Gasteiger charge is -2.15. The first kappa shape index (κ1) is 13.7. The monoisotopic (exact) mass is 289 g/mol. The minimum absolute atomic E-state index is 0.199. The molecule has 110 valence electrons. The van der Waals surface area contributed by atoms with Crippen molar-refractivity contribution >= 4 is 0 Å². The van der Waals surface area contributed by atoms with Gasteiger partial charge in [-0.15, -0.1) is 0 Å². The van der Waals surface area contributed by atoms with E-state index in [1.54, 1.807) is 19.1 Å². The third-order valence-corrected chi connectivity index (χ3v) is 3.31. The van der Waals surface area contributed by atoms with Crippen LogP contribution in [0.3, 0.4) is 0 Å². The second kappa shape index (κ2) is 5.61. The molecular formula is C16H16FNO3. The third kappa shape index (κ3) is 2.78. The summed E-state index contributed by atoms with van der Waals surface area (Å²) in [6.07, 6.45) is 0. The van der Waals surface area contributed by atoms with Crippen molar-refractivity contribution in [2.75, 3.05) is 6.79 Å². The highest BCUT2D eigenvalue weighted by molar-refractivity contribution is 5.44. The summed E-state index contributed by atoms with van der Waals surface area (Å²) in [5.74, 6) is 1.17. The molecular weight excluding hydrogens is 273 g/mol. The molecule has 0 saturated carbocycles. The molecule has 21 heavy (non-hydrogen) atoms. The first-order chi connectivity index (χ1) is 10.1. The van der Waals surface area contributed by atoms with Gasteiger partial charge in [0.15, 0.2) is 23.1 Å². The van der Waals surface area contributed by atoms with Crippen molar-refractivity contribution in [3.8, 4) is 17.2 Å². The lowest BCUT2D eigenvalue weighted by molar-refractivity contribution is 0.174. The predicted octanol–water partition coefficient (Wildman–Crippen LogP) is 3.15. The Morgan fingerprint density at radius 3 is 2.86 bits per heavy atom. The topological polar surface area (TPSA) is 53.7 Å². The zero-order chi connectivity index (χ0) is 14.8. The minimum atomic E-state index is -0.412. The Hall–Kier alpha value is -2.27. The van der Waals surface area contributed by atoms with Crippen LogP contribution in [0.4, 0.5) is 4.39 Å². The van der Waals surface area contributed by atoms with Crippen molar-refractivity contribution in [2.45, 2.75) is 19.6 Å². The van der Waals surface area contributed by atoms with Gasteiger partial charge in [0.1, 0.15) is 6.61 Å². The maximum atomic E-state index is 13.9. The number of para-hydroxylation sites is 1. The molecule has 0 saturated heterocycles. The molecule has 1 aliphatic rings. The number of rotatable bonds is 4. The van der Waals surface area contributed by atoms with Crippen LogP contribution in [0.15, 0.2) is 36.4 Å². The van der Waals surface area contributed by atoms with Gasteiger partial charge in [-0.3, -0.25) is 0 Å². The van der Waals surface area contributed by atoms with E-state index in [9.17, 15) is 4.39 Å². The largest absolute Gasteiger partial charge is 0.485 e. The number of ether oxygens (including phenoxy) is 3. The summed E-state index contributed by atoms with van der Waals surface area (Å²) in [6.45, 7) is 2.25. The van der Waals surface area contributed by atoms with Crippen LogP contribution in [0.5, 0.6) is 17.2 Å². The molecule has 5 heteroatoms. The van der Waals surface area contributed by atoms with E-state index in [-0.39, 0.29) is 25.2 Å². The summed E-state index contributed by atoms with van der Waals surface area (Å²) in [5.41, 5.74) is 7.37. The molecule has 0 bridgehead atoms. The third-order valence-electron chi connectivity index (χ3n) is 3.31. The molecule has 0 fully saturated rings. The molecule has 1 atom stereocenters. The van der Waals surface area contributed by atoms with Crippen molar-refractivity contribution in [3.63, 3.8) is 0 Å². The van der Waals surface area contributed by atoms with Crippen molar-refractivity contribution in [1.82, 2.24) is 0 Å². The molecule has 2 aromatic rings. The Morgan fingerprint density at radius 2 is 2.05 bits per heavy atom. The summed E-state index contributed by atoms with van der Waals surface area (Å²) in [5, 5.41) is 0. The van der Waals surface area contributed by atoms with Crippen LogP contribution in [0, 0.1) is 5.82 Å². The van der Waals surface area contributed by atoms with Gasteiger partial charge in [-0.25, -0.2) is 4.39 Å². The summed E-state index contributed by atoms with van der Waals surface area (Å²) >= 11 is 0. The molecule has 0 unspecified atom stereocenters. The summed E-state index contributed by atoms with van der Waals surface area (Å²) in [4.78, 5) is 0. The van der Waals surface area contributed by atoms with Gasteiger partial charge in [-0.05, 0) is 30.7 Å². The van der Waals surface area contributed by atoms with Crippen molar-refractivity contribution in [1.29, 1.82) is 0 Å². The highest BCUT2D eigenvalue weighted by atomic mass is 19.1. The maximum absolute atomic E-state index is 13.9. The molecule has 0 radical (unpaired) electrons. The number of hydrogen-bond donors (Lipinski definition) is 1. The number of fused-ring (bicyclic) bond motifs is 1. The van der Waals surface area contributed by atoms with E-state index in [0.717, 1.165) is 5.56 Å². The molecule has 0 spiro atoms. The number of halogens is 1. The van der Waals surface area contributed by atoms with E-state index in [1.807, 2.05) is 18.2 Å². The van der Waals surface area contributed by atoms with E-state index >= 15 is 0 Å². The van der Waals surface area contributed by atoms with Crippen LogP contribution in [-0.4, -0.2) is 6.79 Å². The molecule has 0 aliphatic carbocycles. The van der Waals surface area contributed by atoms with E-state index in [0.29, 0.717) is 17.1 Å². The quantitative estimate of drug-likeness (QED) is 0.939. The zero-order valence-electron chi connectivity index (χ0n) is 11.6. The van der Waals surface area contributed by atoms with Gasteiger partial charge in [-0.1, -0.05) is 18.2 Å².